The molecule has 0 atom stereocenters. The van der Waals surface area contributed by atoms with Gasteiger partial charge < -0.3 is 15.1 Å². The fourth-order valence-electron chi connectivity index (χ4n) is 2.69. The van der Waals surface area contributed by atoms with Gasteiger partial charge in [-0.25, -0.2) is 0 Å². The maximum Gasteiger partial charge on any atom is 0.217 e. The second kappa shape index (κ2) is 9.32. The molecule has 0 aromatic heterocycles. The topological polar surface area (TPSA) is 35.6 Å². The van der Waals surface area contributed by atoms with Gasteiger partial charge >= 0.3 is 0 Å². The lowest BCUT2D eigenvalue weighted by molar-refractivity contribution is -0.120. The molecule has 1 heterocycles. The fraction of sp³-hybridized carbons (Fsp3) is 0.933. The summed E-state index contributed by atoms with van der Waals surface area (Å²) in [6.45, 7) is 11.6. The van der Waals surface area contributed by atoms with Crippen molar-refractivity contribution >= 4 is 5.91 Å². The van der Waals surface area contributed by atoms with Gasteiger partial charge in [0.25, 0.3) is 0 Å². The van der Waals surface area contributed by atoms with Crippen LogP contribution in [0.5, 0.6) is 0 Å². The zero-order valence-corrected chi connectivity index (χ0v) is 12.4. The van der Waals surface area contributed by atoms with Crippen molar-refractivity contribution in [3.8, 4) is 0 Å². The Morgan fingerprint density at radius 2 is 1.68 bits per heavy atom. The number of hydrogen-bond donors (Lipinski definition) is 1. The van der Waals surface area contributed by atoms with Crippen LogP contribution in [0.3, 0.4) is 0 Å². The van der Waals surface area contributed by atoms with E-state index in [1.54, 1.807) is 6.92 Å². The first kappa shape index (κ1) is 18.4. The first-order chi connectivity index (χ1) is 8.63. The van der Waals surface area contributed by atoms with Crippen molar-refractivity contribution in [3.05, 3.63) is 0 Å². The van der Waals surface area contributed by atoms with E-state index in [9.17, 15) is 4.79 Å². The van der Waals surface area contributed by atoms with Crippen LogP contribution >= 0.6 is 0 Å². The van der Waals surface area contributed by atoms with Crippen LogP contribution in [0.2, 0.25) is 0 Å². The van der Waals surface area contributed by atoms with Gasteiger partial charge in [-0.2, -0.15) is 0 Å². The quantitative estimate of drug-likeness (QED) is 0.850. The molecule has 1 saturated heterocycles. The Bertz CT molecular complexity index is 244. The molecule has 0 radical (unpaired) electrons. The smallest absolute Gasteiger partial charge is 0.217 e. The summed E-state index contributed by atoms with van der Waals surface area (Å²) in [7, 11) is 2.19. The van der Waals surface area contributed by atoms with Crippen molar-refractivity contribution in [1.82, 2.24) is 15.1 Å². The Labute approximate surface area is 119 Å². The molecule has 4 heteroatoms. The molecule has 0 aromatic carbocycles. The van der Waals surface area contributed by atoms with Gasteiger partial charge in [0, 0.05) is 45.7 Å². The van der Waals surface area contributed by atoms with Crippen LogP contribution in [0, 0.1) is 5.92 Å². The molecule has 2 fully saturated rings. The number of rotatable bonds is 3. The SMILES string of the molecule is C.CC.CC(=O)NC1CC(CN2CCN(C)CC2)C1. The fourth-order valence-corrected chi connectivity index (χ4v) is 2.69. The highest BCUT2D eigenvalue weighted by Crippen LogP contribution is 2.28. The van der Waals surface area contributed by atoms with E-state index < -0.39 is 0 Å². The van der Waals surface area contributed by atoms with E-state index in [2.05, 4.69) is 22.2 Å². The van der Waals surface area contributed by atoms with Crippen molar-refractivity contribution < 1.29 is 4.79 Å². The van der Waals surface area contributed by atoms with E-state index in [1.807, 2.05) is 13.8 Å². The maximum atomic E-state index is 10.9. The number of piperazine rings is 1. The normalized spacial score (nSPS) is 27.4. The van der Waals surface area contributed by atoms with Crippen LogP contribution in [0.15, 0.2) is 0 Å². The van der Waals surface area contributed by atoms with E-state index in [0.717, 1.165) is 5.92 Å². The summed E-state index contributed by atoms with van der Waals surface area (Å²) in [4.78, 5) is 15.8. The van der Waals surface area contributed by atoms with Crippen LogP contribution in [-0.2, 0) is 4.79 Å². The second-order valence-corrected chi connectivity index (χ2v) is 5.34. The Hall–Kier alpha value is -0.610. The molecular formula is C15H33N3O. The summed E-state index contributed by atoms with van der Waals surface area (Å²) < 4.78 is 0. The monoisotopic (exact) mass is 271 g/mol. The number of likely N-dealkylation sites (N-methyl/N-ethyl adjacent to an activating group) is 1. The predicted molar refractivity (Wildman–Crippen MR) is 82.3 cm³/mol. The largest absolute Gasteiger partial charge is 0.354 e. The van der Waals surface area contributed by atoms with E-state index in [0.29, 0.717) is 6.04 Å². The van der Waals surface area contributed by atoms with E-state index in [4.69, 9.17) is 0 Å². The molecule has 19 heavy (non-hydrogen) atoms. The maximum absolute atomic E-state index is 10.9. The van der Waals surface area contributed by atoms with Crippen molar-refractivity contribution in [1.29, 1.82) is 0 Å². The van der Waals surface area contributed by atoms with Gasteiger partial charge in [-0.05, 0) is 25.8 Å². The van der Waals surface area contributed by atoms with Crippen molar-refractivity contribution in [2.24, 2.45) is 5.92 Å². The van der Waals surface area contributed by atoms with Crippen LogP contribution in [-0.4, -0.2) is 61.5 Å². The van der Waals surface area contributed by atoms with Gasteiger partial charge in [0.15, 0.2) is 0 Å². The number of hydrogen-bond acceptors (Lipinski definition) is 3. The average molecular weight is 271 g/mol. The molecule has 1 aliphatic heterocycles. The molecule has 2 aliphatic rings. The highest BCUT2D eigenvalue weighted by molar-refractivity contribution is 5.73. The molecule has 1 aliphatic carbocycles. The van der Waals surface area contributed by atoms with Crippen molar-refractivity contribution in [2.75, 3.05) is 39.8 Å². The highest BCUT2D eigenvalue weighted by atomic mass is 16.1. The second-order valence-electron chi connectivity index (χ2n) is 5.34. The summed E-state index contributed by atoms with van der Waals surface area (Å²) in [5.74, 6) is 0.920. The molecule has 2 rings (SSSR count). The number of carbonyl (C=O) groups is 1. The van der Waals surface area contributed by atoms with Gasteiger partial charge in [0.1, 0.15) is 0 Å². The van der Waals surface area contributed by atoms with Crippen molar-refractivity contribution in [2.45, 2.75) is 47.1 Å². The Morgan fingerprint density at radius 3 is 2.16 bits per heavy atom. The Morgan fingerprint density at radius 1 is 1.16 bits per heavy atom. The van der Waals surface area contributed by atoms with Gasteiger partial charge in [-0.3, -0.25) is 4.79 Å². The van der Waals surface area contributed by atoms with Crippen molar-refractivity contribution in [3.63, 3.8) is 0 Å². The van der Waals surface area contributed by atoms with Crippen LogP contribution in [0.1, 0.15) is 41.0 Å². The number of nitrogens with one attached hydrogen (secondary N) is 1. The summed E-state index contributed by atoms with van der Waals surface area (Å²) in [6.07, 6.45) is 2.35. The molecule has 0 bridgehead atoms. The zero-order valence-electron chi connectivity index (χ0n) is 12.4. The molecule has 4 nitrogen and oxygen atoms in total. The zero-order chi connectivity index (χ0) is 13.5. The number of amides is 1. The minimum Gasteiger partial charge on any atom is -0.354 e. The van der Waals surface area contributed by atoms with Gasteiger partial charge in [-0.15, -0.1) is 0 Å². The lowest BCUT2D eigenvalue weighted by Crippen LogP contribution is -2.51. The molecule has 1 amide bonds. The Balaban J connectivity index is 0.00000103. The lowest BCUT2D eigenvalue weighted by Gasteiger charge is -2.41. The lowest BCUT2D eigenvalue weighted by atomic mass is 9.80. The standard InChI is InChI=1S/C12H23N3O.C2H6.CH4/c1-10(16)13-12-7-11(8-12)9-15-5-3-14(2)4-6-15;1-2;/h11-12H,3-9H2,1-2H3,(H,13,16);1-2H3;1H4. The third kappa shape index (κ3) is 6.39. The van der Waals surface area contributed by atoms with Crippen LogP contribution in [0.25, 0.3) is 0 Å². The first-order valence-corrected chi connectivity index (χ1v) is 7.31. The molecule has 1 saturated carbocycles. The van der Waals surface area contributed by atoms with Crippen LogP contribution < -0.4 is 5.32 Å². The summed E-state index contributed by atoms with van der Waals surface area (Å²) in [5.41, 5.74) is 0. The Kier molecular flexibility index (Phi) is 9.02. The minimum absolute atomic E-state index is 0. The third-order valence-electron chi connectivity index (χ3n) is 3.76. The molecule has 0 unspecified atom stereocenters. The summed E-state index contributed by atoms with van der Waals surface area (Å²) in [6, 6.07) is 0.454. The molecule has 114 valence electrons. The first-order valence-electron chi connectivity index (χ1n) is 7.31. The van der Waals surface area contributed by atoms with Crippen LogP contribution in [0.4, 0.5) is 0 Å². The number of nitrogens with zero attached hydrogens (tertiary/aromatic N) is 2. The van der Waals surface area contributed by atoms with Gasteiger partial charge in [-0.1, -0.05) is 21.3 Å². The van der Waals surface area contributed by atoms with E-state index in [1.165, 1.54) is 45.6 Å². The molecule has 0 spiro atoms. The average Bonchev–Trinajstić information content (AvgIpc) is 2.31. The molecule has 1 N–H and O–H groups in total. The van der Waals surface area contributed by atoms with Gasteiger partial charge in [0.05, 0.1) is 0 Å². The minimum atomic E-state index is 0. The third-order valence-corrected chi connectivity index (χ3v) is 3.76. The number of carbonyl (C=O) groups excluding carboxylic acids is 1. The summed E-state index contributed by atoms with van der Waals surface area (Å²) >= 11 is 0. The van der Waals surface area contributed by atoms with E-state index in [-0.39, 0.29) is 13.3 Å². The van der Waals surface area contributed by atoms with Gasteiger partial charge in [0.2, 0.25) is 5.91 Å². The predicted octanol–water partition coefficient (Wildman–Crippen LogP) is 1.81. The molecule has 0 aromatic rings. The molecular weight excluding hydrogens is 238 g/mol. The van der Waals surface area contributed by atoms with E-state index >= 15 is 0 Å². The summed E-state index contributed by atoms with van der Waals surface area (Å²) in [5, 5.41) is 2.99. The highest BCUT2D eigenvalue weighted by Gasteiger charge is 2.31.